The Hall–Kier alpha value is -0.830. The highest BCUT2D eigenvalue weighted by atomic mass is 79.9. The van der Waals surface area contributed by atoms with Gasteiger partial charge in [-0.1, -0.05) is 29.3 Å². The van der Waals surface area contributed by atoms with E-state index in [1.54, 1.807) is 12.1 Å². The summed E-state index contributed by atoms with van der Waals surface area (Å²) in [5.41, 5.74) is 0.598. The maximum atomic E-state index is 11.6. The molecule has 0 N–H and O–H groups in total. The minimum atomic E-state index is -0.247. The number of esters is 1. The Morgan fingerprint density at radius 3 is 2.53 bits per heavy atom. The third kappa shape index (κ3) is 4.04. The van der Waals surface area contributed by atoms with Crippen molar-refractivity contribution in [3.05, 3.63) is 34.3 Å². The van der Waals surface area contributed by atoms with E-state index < -0.39 is 0 Å². The molecule has 0 radical (unpaired) electrons. The number of halogens is 1. The van der Waals surface area contributed by atoms with Crippen molar-refractivity contribution >= 4 is 21.9 Å². The van der Waals surface area contributed by atoms with Gasteiger partial charge in [0.05, 0.1) is 11.7 Å². The van der Waals surface area contributed by atoms with Crippen LogP contribution in [-0.4, -0.2) is 12.1 Å². The van der Waals surface area contributed by atoms with E-state index in [1.807, 2.05) is 19.1 Å². The number of carbonyl (C=O) groups is 1. The molecule has 0 aliphatic carbocycles. The Bertz CT molecular complexity index is 319. The highest BCUT2D eigenvalue weighted by Crippen LogP contribution is 2.12. The molecule has 1 rings (SSSR count). The smallest absolute Gasteiger partial charge is 0.338 e. The fraction of sp³-hybridized carbons (Fsp3) is 0.417. The van der Waals surface area contributed by atoms with Crippen LogP contribution in [0, 0.1) is 0 Å². The maximum absolute atomic E-state index is 11.6. The minimum Gasteiger partial charge on any atom is -0.459 e. The zero-order valence-corrected chi connectivity index (χ0v) is 10.6. The molecule has 1 atom stereocenters. The molecule has 1 unspecified atom stereocenters. The molecule has 3 heteroatoms. The zero-order chi connectivity index (χ0) is 11.3. The van der Waals surface area contributed by atoms with E-state index in [4.69, 9.17) is 4.74 Å². The first-order valence-corrected chi connectivity index (χ1v) is 5.89. The Kier molecular flexibility index (Phi) is 4.82. The van der Waals surface area contributed by atoms with Crippen molar-refractivity contribution in [2.24, 2.45) is 0 Å². The Balaban J connectivity index is 2.57. The Morgan fingerprint density at radius 2 is 2.00 bits per heavy atom. The summed E-state index contributed by atoms with van der Waals surface area (Å²) in [5, 5.41) is 0. The lowest BCUT2D eigenvalue weighted by Crippen LogP contribution is -2.14. The zero-order valence-electron chi connectivity index (χ0n) is 9.00. The van der Waals surface area contributed by atoms with Gasteiger partial charge < -0.3 is 4.74 Å². The lowest BCUT2D eigenvalue weighted by Gasteiger charge is -2.11. The fourth-order valence-electron chi connectivity index (χ4n) is 1.30. The van der Waals surface area contributed by atoms with Crippen LogP contribution in [0.3, 0.4) is 0 Å². The first kappa shape index (κ1) is 12.2. The molecule has 2 nitrogen and oxygen atoms in total. The van der Waals surface area contributed by atoms with Crippen LogP contribution in [0.25, 0.3) is 0 Å². The molecule has 82 valence electrons. The number of ether oxygens (including phenoxy) is 1. The molecule has 0 amide bonds. The molecule has 0 aromatic heterocycles. The van der Waals surface area contributed by atoms with Gasteiger partial charge in [-0.2, -0.15) is 0 Å². The quantitative estimate of drug-likeness (QED) is 0.779. The Labute approximate surface area is 98.8 Å². The first-order valence-electron chi connectivity index (χ1n) is 5.10. The van der Waals surface area contributed by atoms with Crippen molar-refractivity contribution in [1.29, 1.82) is 0 Å². The topological polar surface area (TPSA) is 26.3 Å². The highest BCUT2D eigenvalue weighted by Gasteiger charge is 2.10. The molecule has 0 saturated carbocycles. The summed E-state index contributed by atoms with van der Waals surface area (Å²) in [5.74, 6) is -0.247. The van der Waals surface area contributed by atoms with Crippen molar-refractivity contribution in [1.82, 2.24) is 0 Å². The van der Waals surface area contributed by atoms with Gasteiger partial charge in [0.15, 0.2) is 0 Å². The monoisotopic (exact) mass is 270 g/mol. The van der Waals surface area contributed by atoms with Gasteiger partial charge in [0, 0.05) is 4.47 Å². The predicted molar refractivity (Wildman–Crippen MR) is 63.9 cm³/mol. The Morgan fingerprint density at radius 1 is 1.40 bits per heavy atom. The lowest BCUT2D eigenvalue weighted by atomic mass is 10.2. The second-order valence-electron chi connectivity index (χ2n) is 3.51. The molecular weight excluding hydrogens is 256 g/mol. The van der Waals surface area contributed by atoms with E-state index in [2.05, 4.69) is 22.9 Å². The van der Waals surface area contributed by atoms with Gasteiger partial charge >= 0.3 is 5.97 Å². The van der Waals surface area contributed by atoms with E-state index in [-0.39, 0.29) is 12.1 Å². The summed E-state index contributed by atoms with van der Waals surface area (Å²) < 4.78 is 6.22. The molecule has 1 aromatic carbocycles. The molecule has 0 aliphatic heterocycles. The second-order valence-corrected chi connectivity index (χ2v) is 4.43. The molecule has 0 fully saturated rings. The summed E-state index contributed by atoms with van der Waals surface area (Å²) in [6.45, 7) is 3.99. The maximum Gasteiger partial charge on any atom is 0.338 e. The van der Waals surface area contributed by atoms with Crippen LogP contribution in [0.5, 0.6) is 0 Å². The van der Waals surface area contributed by atoms with Gasteiger partial charge in [-0.3, -0.25) is 0 Å². The van der Waals surface area contributed by atoms with E-state index in [0.717, 1.165) is 17.3 Å². The first-order chi connectivity index (χ1) is 7.13. The largest absolute Gasteiger partial charge is 0.459 e. The van der Waals surface area contributed by atoms with Crippen molar-refractivity contribution in [2.75, 3.05) is 0 Å². The van der Waals surface area contributed by atoms with Gasteiger partial charge in [-0.15, -0.1) is 0 Å². The van der Waals surface area contributed by atoms with Crippen molar-refractivity contribution < 1.29 is 9.53 Å². The molecule has 0 heterocycles. The molecule has 0 spiro atoms. The molecule has 1 aromatic rings. The molecule has 15 heavy (non-hydrogen) atoms. The highest BCUT2D eigenvalue weighted by molar-refractivity contribution is 9.10. The van der Waals surface area contributed by atoms with E-state index in [9.17, 15) is 4.79 Å². The summed E-state index contributed by atoms with van der Waals surface area (Å²) >= 11 is 3.32. The third-order valence-corrected chi connectivity index (χ3v) is 2.61. The van der Waals surface area contributed by atoms with Crippen LogP contribution in [0.15, 0.2) is 28.7 Å². The van der Waals surface area contributed by atoms with Crippen LogP contribution in [0.4, 0.5) is 0 Å². The van der Waals surface area contributed by atoms with Crippen LogP contribution in [-0.2, 0) is 4.74 Å². The van der Waals surface area contributed by atoms with Crippen LogP contribution < -0.4 is 0 Å². The average molecular weight is 271 g/mol. The molecule has 0 aliphatic rings. The van der Waals surface area contributed by atoms with Crippen LogP contribution in [0.1, 0.15) is 37.0 Å². The van der Waals surface area contributed by atoms with Crippen molar-refractivity contribution in [3.63, 3.8) is 0 Å². The fourth-order valence-corrected chi connectivity index (χ4v) is 1.57. The van der Waals surface area contributed by atoms with E-state index in [0.29, 0.717) is 5.56 Å². The van der Waals surface area contributed by atoms with E-state index >= 15 is 0 Å². The lowest BCUT2D eigenvalue weighted by molar-refractivity contribution is 0.0323. The number of benzene rings is 1. The van der Waals surface area contributed by atoms with Crippen LogP contribution >= 0.6 is 15.9 Å². The number of carbonyl (C=O) groups excluding carboxylic acids is 1. The average Bonchev–Trinajstić information content (AvgIpc) is 2.18. The molecule has 0 saturated heterocycles. The van der Waals surface area contributed by atoms with Gasteiger partial charge in [-0.25, -0.2) is 4.79 Å². The minimum absolute atomic E-state index is 0.00820. The van der Waals surface area contributed by atoms with Crippen molar-refractivity contribution in [2.45, 2.75) is 32.8 Å². The van der Waals surface area contributed by atoms with Gasteiger partial charge in [0.25, 0.3) is 0 Å². The van der Waals surface area contributed by atoms with Crippen molar-refractivity contribution in [3.8, 4) is 0 Å². The molecular formula is C12H15BrO2. The second kappa shape index (κ2) is 5.91. The summed E-state index contributed by atoms with van der Waals surface area (Å²) in [7, 11) is 0. The van der Waals surface area contributed by atoms with Gasteiger partial charge in [0.1, 0.15) is 0 Å². The summed E-state index contributed by atoms with van der Waals surface area (Å²) in [6.07, 6.45) is 1.92. The van der Waals surface area contributed by atoms with Gasteiger partial charge in [0.2, 0.25) is 0 Å². The van der Waals surface area contributed by atoms with Crippen LogP contribution in [0.2, 0.25) is 0 Å². The molecule has 0 bridgehead atoms. The normalized spacial score (nSPS) is 12.2. The standard InChI is InChI=1S/C12H15BrO2/c1-3-4-9(2)15-12(14)10-5-7-11(13)8-6-10/h5-9H,3-4H2,1-2H3. The number of rotatable bonds is 4. The summed E-state index contributed by atoms with van der Waals surface area (Å²) in [4.78, 5) is 11.6. The SMILES string of the molecule is CCCC(C)OC(=O)c1ccc(Br)cc1. The summed E-state index contributed by atoms with van der Waals surface area (Å²) in [6, 6.07) is 7.18. The van der Waals surface area contributed by atoms with E-state index in [1.165, 1.54) is 0 Å². The van der Waals surface area contributed by atoms with Gasteiger partial charge in [-0.05, 0) is 37.6 Å². The number of hydrogen-bond donors (Lipinski definition) is 0. The predicted octanol–water partition coefficient (Wildman–Crippen LogP) is 3.79. The third-order valence-electron chi connectivity index (χ3n) is 2.08. The number of hydrogen-bond acceptors (Lipinski definition) is 2.